The molecule has 1 aliphatic heterocycles. The molecule has 22 heavy (non-hydrogen) atoms. The summed E-state index contributed by atoms with van der Waals surface area (Å²) in [4.78, 5) is 26.4. The maximum Gasteiger partial charge on any atom is 0.339 e. The Balaban J connectivity index is 1.93. The van der Waals surface area contributed by atoms with Gasteiger partial charge in [-0.1, -0.05) is 29.8 Å². The number of ether oxygens (including phenoxy) is 1. The summed E-state index contributed by atoms with van der Waals surface area (Å²) in [7, 11) is 0. The minimum absolute atomic E-state index is 0.188. The Morgan fingerprint density at radius 3 is 2.59 bits per heavy atom. The van der Waals surface area contributed by atoms with E-state index in [0.29, 0.717) is 12.1 Å². The smallest absolute Gasteiger partial charge is 0.339 e. The van der Waals surface area contributed by atoms with Gasteiger partial charge >= 0.3 is 5.97 Å². The van der Waals surface area contributed by atoms with Gasteiger partial charge in [-0.3, -0.25) is 4.79 Å². The van der Waals surface area contributed by atoms with Crippen molar-refractivity contribution >= 4 is 17.6 Å². The molecule has 4 heteroatoms. The van der Waals surface area contributed by atoms with E-state index in [1.807, 2.05) is 38.1 Å². The third-order valence-electron chi connectivity index (χ3n) is 3.80. The highest BCUT2D eigenvalue weighted by Gasteiger charge is 2.39. The number of esters is 1. The van der Waals surface area contributed by atoms with Crippen LogP contribution >= 0.6 is 0 Å². The van der Waals surface area contributed by atoms with Gasteiger partial charge in [0.2, 0.25) is 6.10 Å². The second-order valence-electron chi connectivity index (χ2n) is 5.30. The predicted molar refractivity (Wildman–Crippen MR) is 83.8 cm³/mol. The van der Waals surface area contributed by atoms with Gasteiger partial charge in [-0.15, -0.1) is 0 Å². The number of hydrogen-bond donors (Lipinski definition) is 0. The lowest BCUT2D eigenvalue weighted by Gasteiger charge is -2.15. The number of fused-ring (bicyclic) bond motifs is 1. The van der Waals surface area contributed by atoms with Crippen LogP contribution in [0, 0.1) is 6.92 Å². The molecule has 112 valence electrons. The largest absolute Gasteiger partial charge is 0.444 e. The summed E-state index contributed by atoms with van der Waals surface area (Å²) >= 11 is 0. The zero-order valence-electron chi connectivity index (χ0n) is 12.6. The average Bonchev–Trinajstić information content (AvgIpc) is 2.79. The Bertz CT molecular complexity index is 724. The van der Waals surface area contributed by atoms with Crippen LogP contribution in [0.1, 0.15) is 34.5 Å². The van der Waals surface area contributed by atoms with E-state index < -0.39 is 12.1 Å². The number of hydrogen-bond acceptors (Lipinski definition) is 3. The van der Waals surface area contributed by atoms with Crippen molar-refractivity contribution in [3.05, 3.63) is 65.2 Å². The molecule has 0 N–H and O–H groups in total. The van der Waals surface area contributed by atoms with Crippen molar-refractivity contribution in [1.82, 2.24) is 0 Å². The van der Waals surface area contributed by atoms with Gasteiger partial charge in [-0.2, -0.15) is 0 Å². The van der Waals surface area contributed by atoms with Gasteiger partial charge in [0, 0.05) is 12.1 Å². The second kappa shape index (κ2) is 5.64. The van der Waals surface area contributed by atoms with Crippen LogP contribution < -0.4 is 4.90 Å². The average molecular weight is 295 g/mol. The van der Waals surface area contributed by atoms with E-state index in [9.17, 15) is 9.59 Å². The molecule has 3 rings (SSSR count). The van der Waals surface area contributed by atoms with Crippen LogP contribution in [0.4, 0.5) is 5.69 Å². The summed E-state index contributed by atoms with van der Waals surface area (Å²) in [5, 5.41) is 0. The van der Waals surface area contributed by atoms with E-state index in [2.05, 4.69) is 0 Å². The molecule has 4 nitrogen and oxygen atoms in total. The topological polar surface area (TPSA) is 46.6 Å². The van der Waals surface area contributed by atoms with Crippen molar-refractivity contribution in [2.75, 3.05) is 11.4 Å². The first-order chi connectivity index (χ1) is 10.6. The van der Waals surface area contributed by atoms with Gasteiger partial charge in [-0.05, 0) is 38.1 Å². The Hall–Kier alpha value is -2.62. The number of benzene rings is 2. The van der Waals surface area contributed by atoms with Crippen molar-refractivity contribution in [3.8, 4) is 0 Å². The minimum Gasteiger partial charge on any atom is -0.444 e. The van der Waals surface area contributed by atoms with Gasteiger partial charge < -0.3 is 9.64 Å². The summed E-state index contributed by atoms with van der Waals surface area (Å²) in [5.74, 6) is -0.670. The zero-order chi connectivity index (χ0) is 15.7. The lowest BCUT2D eigenvalue weighted by atomic mass is 10.1. The molecule has 0 spiro atoms. The SMILES string of the molecule is CCN1C(=O)C(OC(=O)c2ccccc2)c2cc(C)ccc21. The van der Waals surface area contributed by atoms with Crippen LogP contribution in [0.2, 0.25) is 0 Å². The highest BCUT2D eigenvalue weighted by atomic mass is 16.5. The molecule has 2 aromatic rings. The Morgan fingerprint density at radius 2 is 1.91 bits per heavy atom. The molecule has 0 radical (unpaired) electrons. The molecule has 1 aliphatic rings. The Morgan fingerprint density at radius 1 is 1.18 bits per heavy atom. The van der Waals surface area contributed by atoms with Crippen LogP contribution in [0.5, 0.6) is 0 Å². The van der Waals surface area contributed by atoms with Crippen molar-refractivity contribution in [2.45, 2.75) is 20.0 Å². The van der Waals surface area contributed by atoms with E-state index in [4.69, 9.17) is 4.74 Å². The summed E-state index contributed by atoms with van der Waals surface area (Å²) < 4.78 is 5.49. The lowest BCUT2D eigenvalue weighted by molar-refractivity contribution is -0.126. The zero-order valence-corrected chi connectivity index (χ0v) is 12.6. The van der Waals surface area contributed by atoms with Crippen LogP contribution in [-0.2, 0) is 9.53 Å². The number of amides is 1. The Kier molecular flexibility index (Phi) is 3.67. The molecule has 0 aliphatic carbocycles. The minimum atomic E-state index is -0.859. The van der Waals surface area contributed by atoms with Gasteiger partial charge in [0.1, 0.15) is 0 Å². The molecule has 2 aromatic carbocycles. The van der Waals surface area contributed by atoms with Crippen LogP contribution in [-0.4, -0.2) is 18.4 Å². The van der Waals surface area contributed by atoms with E-state index >= 15 is 0 Å². The number of anilines is 1. The number of carbonyl (C=O) groups is 2. The highest BCUT2D eigenvalue weighted by molar-refractivity contribution is 6.05. The van der Waals surface area contributed by atoms with E-state index in [1.165, 1.54) is 0 Å². The molecule has 1 amide bonds. The van der Waals surface area contributed by atoms with Crippen molar-refractivity contribution in [1.29, 1.82) is 0 Å². The summed E-state index contributed by atoms with van der Waals surface area (Å²) in [6, 6.07) is 14.5. The standard InChI is InChI=1S/C18H17NO3/c1-3-19-15-10-9-12(2)11-14(15)16(17(19)20)22-18(21)13-7-5-4-6-8-13/h4-11,16H,3H2,1-2H3. The quantitative estimate of drug-likeness (QED) is 0.817. The first kappa shape index (κ1) is 14.3. The highest BCUT2D eigenvalue weighted by Crippen LogP contribution is 2.38. The summed E-state index contributed by atoms with van der Waals surface area (Å²) in [6.45, 7) is 4.41. The lowest BCUT2D eigenvalue weighted by Crippen LogP contribution is -2.30. The fourth-order valence-corrected chi connectivity index (χ4v) is 2.71. The maximum atomic E-state index is 12.5. The monoisotopic (exact) mass is 295 g/mol. The molecule has 1 heterocycles. The summed E-state index contributed by atoms with van der Waals surface area (Å²) in [6.07, 6.45) is -0.859. The molecular weight excluding hydrogens is 278 g/mol. The second-order valence-corrected chi connectivity index (χ2v) is 5.30. The molecule has 0 bridgehead atoms. The number of carbonyl (C=O) groups excluding carboxylic acids is 2. The molecule has 0 fully saturated rings. The third-order valence-corrected chi connectivity index (χ3v) is 3.80. The van der Waals surface area contributed by atoms with Gasteiger partial charge in [0.05, 0.1) is 11.3 Å². The normalized spacial score (nSPS) is 16.5. The van der Waals surface area contributed by atoms with Crippen LogP contribution in [0.15, 0.2) is 48.5 Å². The van der Waals surface area contributed by atoms with Crippen molar-refractivity contribution in [3.63, 3.8) is 0 Å². The van der Waals surface area contributed by atoms with Crippen LogP contribution in [0.3, 0.4) is 0 Å². The van der Waals surface area contributed by atoms with Gasteiger partial charge in [0.15, 0.2) is 0 Å². The number of rotatable bonds is 3. The number of aryl methyl sites for hydroxylation is 1. The van der Waals surface area contributed by atoms with E-state index in [1.54, 1.807) is 29.2 Å². The number of likely N-dealkylation sites (N-methyl/N-ethyl adjacent to an activating group) is 1. The number of nitrogens with zero attached hydrogens (tertiary/aromatic N) is 1. The van der Waals surface area contributed by atoms with Gasteiger partial charge in [0.25, 0.3) is 5.91 Å². The molecule has 0 saturated heterocycles. The van der Waals surface area contributed by atoms with E-state index in [0.717, 1.165) is 16.8 Å². The fourth-order valence-electron chi connectivity index (χ4n) is 2.71. The molecule has 0 aromatic heterocycles. The van der Waals surface area contributed by atoms with E-state index in [-0.39, 0.29) is 5.91 Å². The first-order valence-electron chi connectivity index (χ1n) is 7.29. The molecule has 0 saturated carbocycles. The fraction of sp³-hybridized carbons (Fsp3) is 0.222. The van der Waals surface area contributed by atoms with Crippen molar-refractivity contribution < 1.29 is 14.3 Å². The molecule has 1 unspecified atom stereocenters. The first-order valence-corrected chi connectivity index (χ1v) is 7.29. The third kappa shape index (κ3) is 2.37. The van der Waals surface area contributed by atoms with Crippen LogP contribution in [0.25, 0.3) is 0 Å². The summed E-state index contributed by atoms with van der Waals surface area (Å²) in [5.41, 5.74) is 3.06. The molecule has 1 atom stereocenters. The Labute approximate surface area is 129 Å². The van der Waals surface area contributed by atoms with Crippen molar-refractivity contribution in [2.24, 2.45) is 0 Å². The predicted octanol–water partition coefficient (Wildman–Crippen LogP) is 3.26. The van der Waals surface area contributed by atoms with Gasteiger partial charge in [-0.25, -0.2) is 4.79 Å². The maximum absolute atomic E-state index is 12.5. The molecular formula is C18H17NO3.